The van der Waals surface area contributed by atoms with E-state index >= 15 is 0 Å². The number of aliphatic hydroxyl groups is 2. The Labute approximate surface area is 268 Å². The molecule has 4 nitrogen and oxygen atoms in total. The van der Waals surface area contributed by atoms with Crippen LogP contribution in [-0.4, -0.2) is 34.9 Å². The van der Waals surface area contributed by atoms with Gasteiger partial charge in [0.2, 0.25) is 5.91 Å². The van der Waals surface area contributed by atoms with Crippen molar-refractivity contribution in [3.05, 3.63) is 36.5 Å². The summed E-state index contributed by atoms with van der Waals surface area (Å²) in [5.74, 6) is -0.0804. The predicted octanol–water partition coefficient (Wildman–Crippen LogP) is 11.1. The van der Waals surface area contributed by atoms with Crippen molar-refractivity contribution in [2.24, 2.45) is 0 Å². The number of rotatable bonds is 33. The largest absolute Gasteiger partial charge is 0.394 e. The number of amides is 1. The van der Waals surface area contributed by atoms with Crippen LogP contribution in [0.25, 0.3) is 0 Å². The second kappa shape index (κ2) is 35.1. The van der Waals surface area contributed by atoms with Gasteiger partial charge in [-0.3, -0.25) is 4.79 Å². The van der Waals surface area contributed by atoms with E-state index in [1.807, 2.05) is 6.08 Å². The third-order valence-corrected chi connectivity index (χ3v) is 8.35. The second-order valence-electron chi connectivity index (χ2n) is 12.6. The van der Waals surface area contributed by atoms with E-state index < -0.39 is 12.1 Å². The highest BCUT2D eigenvalue weighted by Crippen LogP contribution is 2.12. The van der Waals surface area contributed by atoms with E-state index in [0.717, 1.165) is 32.1 Å². The fourth-order valence-corrected chi connectivity index (χ4v) is 5.42. The Morgan fingerprint density at radius 1 is 0.535 bits per heavy atom. The van der Waals surface area contributed by atoms with E-state index in [1.54, 1.807) is 6.08 Å². The molecule has 0 fully saturated rings. The molecule has 2 atom stereocenters. The molecular formula is C39H73NO3. The predicted molar refractivity (Wildman–Crippen MR) is 188 cm³/mol. The molecule has 0 aliphatic rings. The number of aliphatic hydroxyl groups excluding tert-OH is 2. The van der Waals surface area contributed by atoms with Crippen LogP contribution < -0.4 is 5.32 Å². The lowest BCUT2D eigenvalue weighted by molar-refractivity contribution is -0.123. The van der Waals surface area contributed by atoms with Crippen molar-refractivity contribution in [1.82, 2.24) is 5.32 Å². The maximum Gasteiger partial charge on any atom is 0.220 e. The molecule has 2 unspecified atom stereocenters. The highest BCUT2D eigenvalue weighted by Gasteiger charge is 2.17. The molecule has 0 aliphatic carbocycles. The quantitative estimate of drug-likeness (QED) is 0.0516. The Morgan fingerprint density at radius 2 is 0.907 bits per heavy atom. The molecule has 1 amide bonds. The number of unbranched alkanes of at least 4 members (excludes halogenated alkanes) is 22. The lowest BCUT2D eigenvalue weighted by Gasteiger charge is -2.19. The minimum atomic E-state index is -0.861. The second-order valence-corrected chi connectivity index (χ2v) is 12.6. The van der Waals surface area contributed by atoms with Crippen molar-refractivity contribution in [3.8, 4) is 0 Å². The molecule has 0 aromatic rings. The van der Waals surface area contributed by atoms with Gasteiger partial charge in [0.1, 0.15) is 0 Å². The molecule has 252 valence electrons. The van der Waals surface area contributed by atoms with Crippen molar-refractivity contribution in [1.29, 1.82) is 0 Å². The summed E-state index contributed by atoms with van der Waals surface area (Å²) in [6.45, 7) is 4.27. The van der Waals surface area contributed by atoms with Gasteiger partial charge in [-0.25, -0.2) is 0 Å². The van der Waals surface area contributed by atoms with Crippen LogP contribution in [0.1, 0.15) is 187 Å². The monoisotopic (exact) mass is 604 g/mol. The van der Waals surface area contributed by atoms with Gasteiger partial charge < -0.3 is 15.5 Å². The maximum absolute atomic E-state index is 12.3. The molecule has 4 heteroatoms. The molecule has 0 rings (SSSR count). The zero-order valence-corrected chi connectivity index (χ0v) is 28.7. The summed E-state index contributed by atoms with van der Waals surface area (Å²) in [5, 5.41) is 22.9. The smallest absolute Gasteiger partial charge is 0.220 e. The van der Waals surface area contributed by atoms with Gasteiger partial charge in [-0.1, -0.05) is 159 Å². The summed E-state index contributed by atoms with van der Waals surface area (Å²) < 4.78 is 0. The lowest BCUT2D eigenvalue weighted by atomic mass is 10.1. The Hall–Kier alpha value is -1.39. The van der Waals surface area contributed by atoms with Crippen LogP contribution in [0.2, 0.25) is 0 Å². The lowest BCUT2D eigenvalue weighted by Crippen LogP contribution is -2.45. The van der Waals surface area contributed by atoms with Crippen LogP contribution in [0, 0.1) is 0 Å². The first-order valence-electron chi connectivity index (χ1n) is 18.7. The summed E-state index contributed by atoms with van der Waals surface area (Å²) in [7, 11) is 0. The Kier molecular flexibility index (Phi) is 34.0. The minimum absolute atomic E-state index is 0.0804. The summed E-state index contributed by atoms with van der Waals surface area (Å²) >= 11 is 0. The van der Waals surface area contributed by atoms with Gasteiger partial charge >= 0.3 is 0 Å². The molecule has 0 bridgehead atoms. The average Bonchev–Trinajstić information content (AvgIpc) is 3.01. The van der Waals surface area contributed by atoms with Crippen LogP contribution in [0.3, 0.4) is 0 Å². The Bertz CT molecular complexity index is 657. The molecule has 43 heavy (non-hydrogen) atoms. The third kappa shape index (κ3) is 31.8. The third-order valence-electron chi connectivity index (χ3n) is 8.35. The first-order chi connectivity index (χ1) is 21.2. The average molecular weight is 604 g/mol. The normalized spacial score (nSPS) is 13.5. The summed E-state index contributed by atoms with van der Waals surface area (Å²) in [4.78, 5) is 12.3. The maximum atomic E-state index is 12.3. The molecule has 0 aliphatic heterocycles. The van der Waals surface area contributed by atoms with E-state index in [0.29, 0.717) is 6.42 Å². The van der Waals surface area contributed by atoms with E-state index in [4.69, 9.17) is 0 Å². The molecule has 0 aromatic carbocycles. The first-order valence-corrected chi connectivity index (χ1v) is 18.7. The van der Waals surface area contributed by atoms with Gasteiger partial charge in [-0.15, -0.1) is 0 Å². The SMILES string of the molecule is CCCCCCCC/C=C\CCCCCCCCCC(=O)NC(CO)C(O)/C=C/CC/C=C/CCCCCCCCCC. The highest BCUT2D eigenvalue weighted by molar-refractivity contribution is 5.76. The zero-order valence-electron chi connectivity index (χ0n) is 28.7. The number of carbonyl (C=O) groups is 1. The summed E-state index contributed by atoms with van der Waals surface area (Å²) in [5.41, 5.74) is 0. The van der Waals surface area contributed by atoms with Gasteiger partial charge in [-0.05, 0) is 57.8 Å². The number of hydrogen-bond donors (Lipinski definition) is 3. The van der Waals surface area contributed by atoms with E-state index in [2.05, 4.69) is 43.5 Å². The van der Waals surface area contributed by atoms with Gasteiger partial charge in [0, 0.05) is 6.42 Å². The molecule has 0 radical (unpaired) electrons. The van der Waals surface area contributed by atoms with Crippen LogP contribution >= 0.6 is 0 Å². The van der Waals surface area contributed by atoms with Gasteiger partial charge in [0.25, 0.3) is 0 Å². The molecule has 0 aromatic heterocycles. The van der Waals surface area contributed by atoms with Gasteiger partial charge in [0.15, 0.2) is 0 Å². The Morgan fingerprint density at radius 3 is 1.35 bits per heavy atom. The molecule has 0 saturated heterocycles. The van der Waals surface area contributed by atoms with Crippen molar-refractivity contribution in [2.75, 3.05) is 6.61 Å². The van der Waals surface area contributed by atoms with Crippen molar-refractivity contribution in [3.63, 3.8) is 0 Å². The van der Waals surface area contributed by atoms with Crippen LogP contribution in [-0.2, 0) is 4.79 Å². The topological polar surface area (TPSA) is 69.6 Å². The zero-order chi connectivity index (χ0) is 31.5. The number of nitrogens with one attached hydrogen (secondary N) is 1. The van der Waals surface area contributed by atoms with Crippen molar-refractivity contribution >= 4 is 5.91 Å². The number of hydrogen-bond acceptors (Lipinski definition) is 3. The fraction of sp³-hybridized carbons (Fsp3) is 0.821. The summed E-state index contributed by atoms with van der Waals surface area (Å²) in [6, 6.07) is -0.638. The van der Waals surface area contributed by atoms with E-state index in [-0.39, 0.29) is 12.5 Å². The highest BCUT2D eigenvalue weighted by atomic mass is 16.3. The Balaban J connectivity index is 3.67. The van der Waals surface area contributed by atoms with Crippen molar-refractivity contribution in [2.45, 2.75) is 199 Å². The van der Waals surface area contributed by atoms with E-state index in [1.165, 1.54) is 135 Å². The van der Waals surface area contributed by atoms with Gasteiger partial charge in [-0.2, -0.15) is 0 Å². The summed E-state index contributed by atoms with van der Waals surface area (Å²) in [6.07, 6.45) is 45.1. The molecule has 3 N–H and O–H groups in total. The van der Waals surface area contributed by atoms with Crippen LogP contribution in [0.4, 0.5) is 0 Å². The van der Waals surface area contributed by atoms with E-state index in [9.17, 15) is 15.0 Å². The van der Waals surface area contributed by atoms with Crippen LogP contribution in [0.15, 0.2) is 36.5 Å². The van der Waals surface area contributed by atoms with Gasteiger partial charge in [0.05, 0.1) is 18.8 Å². The fourth-order valence-electron chi connectivity index (χ4n) is 5.42. The molecular weight excluding hydrogens is 530 g/mol. The van der Waals surface area contributed by atoms with Crippen molar-refractivity contribution < 1.29 is 15.0 Å². The minimum Gasteiger partial charge on any atom is -0.394 e. The van der Waals surface area contributed by atoms with Crippen LogP contribution in [0.5, 0.6) is 0 Å². The molecule has 0 spiro atoms. The molecule has 0 saturated carbocycles. The number of allylic oxidation sites excluding steroid dienone is 5. The molecule has 0 heterocycles. The first kappa shape index (κ1) is 41.6. The standard InChI is InChI=1S/C39H73NO3/c1-3-5-7-9-11-13-15-17-19-20-21-23-25-27-29-31-33-35-39(43)40-37(36-41)38(42)34-32-30-28-26-24-22-18-16-14-12-10-8-6-4-2/h17,19,24,26,32,34,37-38,41-42H,3-16,18,20-23,25,27-31,33,35-36H2,1-2H3,(H,40,43)/b19-17-,26-24+,34-32+. The number of carbonyl (C=O) groups excluding carboxylic acids is 1.